The highest BCUT2D eigenvalue weighted by Gasteiger charge is 2.13. The van der Waals surface area contributed by atoms with Crippen LogP contribution in [0.3, 0.4) is 0 Å². The van der Waals surface area contributed by atoms with Gasteiger partial charge in [-0.2, -0.15) is 5.11 Å². The zero-order valence-corrected chi connectivity index (χ0v) is 17.4. The van der Waals surface area contributed by atoms with E-state index in [1.165, 1.54) is 19.1 Å². The fourth-order valence-electron chi connectivity index (χ4n) is 1.58. The summed E-state index contributed by atoms with van der Waals surface area (Å²) in [4.78, 5) is 11.8. The quantitative estimate of drug-likeness (QED) is 0.164. The fourth-order valence-corrected chi connectivity index (χ4v) is 2.27. The van der Waals surface area contributed by atoms with Crippen molar-refractivity contribution in [2.75, 3.05) is 38.9 Å². The predicted molar refractivity (Wildman–Crippen MR) is 105 cm³/mol. The molecule has 27 heavy (non-hydrogen) atoms. The maximum absolute atomic E-state index is 11.8. The molecule has 0 unspecified atom stereocenters. The van der Waals surface area contributed by atoms with Crippen molar-refractivity contribution in [2.45, 2.75) is 6.92 Å². The molecule has 0 bridgehead atoms. The second-order valence-electron chi connectivity index (χ2n) is 4.90. The lowest BCUT2D eigenvalue weighted by atomic mass is 10.3. The predicted octanol–water partition coefficient (Wildman–Crippen LogP) is 5.07. The molecule has 0 aliphatic heterocycles. The van der Waals surface area contributed by atoms with Crippen LogP contribution in [0.15, 0.2) is 33.1 Å². The second kappa shape index (κ2) is 13.1. The molecule has 0 fully saturated rings. The van der Waals surface area contributed by atoms with Gasteiger partial charge in [-0.3, -0.25) is 0 Å². The highest BCUT2D eigenvalue weighted by Crippen LogP contribution is 2.37. The fraction of sp³-hybridized carbons (Fsp3) is 0.438. The minimum Gasteiger partial charge on any atom is -0.504 e. The molecule has 0 saturated heterocycles. The average Bonchev–Trinajstić information content (AvgIpc) is 2.64. The number of halogens is 4. The van der Waals surface area contributed by atoms with Gasteiger partial charge in [0.25, 0.3) is 0 Å². The summed E-state index contributed by atoms with van der Waals surface area (Å²) in [5, 5.41) is 17.4. The molecule has 0 heterocycles. The molecule has 1 N–H and O–H groups in total. The number of benzene rings is 1. The van der Waals surface area contributed by atoms with E-state index in [0.29, 0.717) is 25.7 Å². The zero-order valence-electron chi connectivity index (χ0n) is 14.4. The number of nitrogens with zero attached hydrogens (tertiary/aromatic N) is 2. The lowest BCUT2D eigenvalue weighted by molar-refractivity contribution is -0.140. The van der Waals surface area contributed by atoms with Gasteiger partial charge in [-0.1, -0.05) is 34.8 Å². The molecule has 7 nitrogen and oxygen atoms in total. The van der Waals surface area contributed by atoms with Crippen molar-refractivity contribution in [2.24, 2.45) is 10.2 Å². The first-order valence-corrected chi connectivity index (χ1v) is 9.38. The Hall–Kier alpha value is -1.09. The maximum atomic E-state index is 11.8. The number of azo groups is 1. The number of carbonyl (C=O) groups excluding carboxylic acids is 1. The van der Waals surface area contributed by atoms with E-state index in [9.17, 15) is 9.90 Å². The van der Waals surface area contributed by atoms with Crippen LogP contribution in [-0.4, -0.2) is 50.0 Å². The van der Waals surface area contributed by atoms with Gasteiger partial charge < -0.3 is 19.3 Å². The third kappa shape index (κ3) is 9.10. The van der Waals surface area contributed by atoms with Crippen molar-refractivity contribution in [3.63, 3.8) is 0 Å². The van der Waals surface area contributed by atoms with Gasteiger partial charge in [0.1, 0.15) is 17.3 Å². The van der Waals surface area contributed by atoms with Crippen LogP contribution < -0.4 is 0 Å². The monoisotopic (exact) mass is 458 g/mol. The molecular formula is C16H18Cl4N2O5. The highest BCUT2D eigenvalue weighted by atomic mass is 35.5. The molecule has 0 aromatic heterocycles. The van der Waals surface area contributed by atoms with E-state index in [2.05, 4.69) is 10.2 Å². The smallest absolute Gasteiger partial charge is 0.351 e. The topological polar surface area (TPSA) is 89.7 Å². The lowest BCUT2D eigenvalue weighted by Gasteiger charge is -2.06. The van der Waals surface area contributed by atoms with Crippen LogP contribution in [0, 0.1) is 0 Å². The summed E-state index contributed by atoms with van der Waals surface area (Å²) in [5.74, 6) is -0.643. The number of aromatic hydroxyl groups is 1. The van der Waals surface area contributed by atoms with Gasteiger partial charge in [0.2, 0.25) is 0 Å². The summed E-state index contributed by atoms with van der Waals surface area (Å²) < 4.78 is 15.3. The van der Waals surface area contributed by atoms with Gasteiger partial charge in [-0.05, 0) is 19.1 Å². The van der Waals surface area contributed by atoms with Gasteiger partial charge in [-0.15, -0.1) is 16.7 Å². The van der Waals surface area contributed by atoms with Crippen LogP contribution in [-0.2, 0) is 19.0 Å². The van der Waals surface area contributed by atoms with Gasteiger partial charge in [-0.25, -0.2) is 4.79 Å². The number of phenolic OH excluding ortho intramolecular Hbond substituents is 1. The molecule has 0 saturated carbocycles. The number of carbonyl (C=O) groups is 1. The molecule has 150 valence electrons. The van der Waals surface area contributed by atoms with Crippen molar-refractivity contribution < 1.29 is 24.1 Å². The molecule has 1 aromatic carbocycles. The van der Waals surface area contributed by atoms with E-state index in [1.54, 1.807) is 0 Å². The van der Waals surface area contributed by atoms with Crippen LogP contribution in [0.25, 0.3) is 0 Å². The van der Waals surface area contributed by atoms with Gasteiger partial charge in [0.15, 0.2) is 5.75 Å². The summed E-state index contributed by atoms with van der Waals surface area (Å²) in [7, 11) is 0. The number of rotatable bonds is 11. The molecule has 1 rings (SSSR count). The highest BCUT2D eigenvalue weighted by molar-refractivity contribution is 6.41. The van der Waals surface area contributed by atoms with E-state index < -0.39 is 5.97 Å². The van der Waals surface area contributed by atoms with E-state index >= 15 is 0 Å². The van der Waals surface area contributed by atoms with Crippen molar-refractivity contribution in [1.82, 2.24) is 0 Å². The van der Waals surface area contributed by atoms with Crippen LogP contribution >= 0.6 is 46.4 Å². The summed E-state index contributed by atoms with van der Waals surface area (Å²) in [6.45, 7) is 2.88. The Balaban J connectivity index is 2.49. The first-order valence-electron chi connectivity index (χ1n) is 7.71. The Morgan fingerprint density at radius 3 is 2.41 bits per heavy atom. The molecule has 0 aliphatic carbocycles. The Bertz CT molecular complexity index is 698. The minimum atomic E-state index is -0.775. The normalized spacial score (nSPS) is 12.3. The third-order valence-electron chi connectivity index (χ3n) is 2.87. The summed E-state index contributed by atoms with van der Waals surface area (Å²) >= 11 is 23.0. The summed E-state index contributed by atoms with van der Waals surface area (Å²) in [6, 6.07) is 2.72. The number of allylic oxidation sites excluding steroid dienone is 1. The Morgan fingerprint density at radius 2 is 1.74 bits per heavy atom. The number of phenols is 1. The minimum absolute atomic E-state index is 0.0136. The number of hydrogen-bond donors (Lipinski definition) is 1. The average molecular weight is 460 g/mol. The molecule has 0 spiro atoms. The molecule has 1 aromatic rings. The van der Waals surface area contributed by atoms with Crippen molar-refractivity contribution in [1.29, 1.82) is 0 Å². The summed E-state index contributed by atoms with van der Waals surface area (Å²) in [6.07, 6.45) is 0. The standard InChI is InChI=1S/C16H18Cl4N2O5/c1-10(21-22-13-9-11(18)8-12(19)15(13)23)14(20)16(24)27-7-6-26-5-4-25-3-2-17/h8-9,23H,2-7H2,1H3/b14-10+,22-21?. The Morgan fingerprint density at radius 1 is 1.11 bits per heavy atom. The van der Waals surface area contributed by atoms with Gasteiger partial charge in [0.05, 0.1) is 37.1 Å². The van der Waals surface area contributed by atoms with E-state index in [1.807, 2.05) is 0 Å². The van der Waals surface area contributed by atoms with Crippen LogP contribution in [0.4, 0.5) is 5.69 Å². The van der Waals surface area contributed by atoms with Crippen LogP contribution in [0.5, 0.6) is 5.75 Å². The largest absolute Gasteiger partial charge is 0.504 e. The van der Waals surface area contributed by atoms with Crippen molar-refractivity contribution in [3.05, 3.63) is 32.9 Å². The van der Waals surface area contributed by atoms with Gasteiger partial charge in [0, 0.05) is 10.9 Å². The number of hydrogen-bond acceptors (Lipinski definition) is 7. The van der Waals surface area contributed by atoms with E-state index in [-0.39, 0.29) is 45.4 Å². The van der Waals surface area contributed by atoms with Gasteiger partial charge >= 0.3 is 5.97 Å². The molecule has 0 aliphatic rings. The van der Waals surface area contributed by atoms with E-state index in [4.69, 9.17) is 60.6 Å². The third-order valence-corrected chi connectivity index (χ3v) is 3.96. The summed E-state index contributed by atoms with van der Waals surface area (Å²) in [5.41, 5.74) is 0.127. The second-order valence-corrected chi connectivity index (χ2v) is 6.50. The first-order chi connectivity index (χ1) is 12.9. The van der Waals surface area contributed by atoms with E-state index in [0.717, 1.165) is 0 Å². The van der Waals surface area contributed by atoms with Crippen molar-refractivity contribution >= 4 is 58.1 Å². The molecular weight excluding hydrogens is 442 g/mol. The van der Waals surface area contributed by atoms with Crippen LogP contribution in [0.1, 0.15) is 6.92 Å². The zero-order chi connectivity index (χ0) is 20.2. The van der Waals surface area contributed by atoms with Crippen molar-refractivity contribution in [3.8, 4) is 5.75 Å². The Labute approximate surface area is 176 Å². The molecule has 0 radical (unpaired) electrons. The Kier molecular flexibility index (Phi) is 11.7. The number of esters is 1. The number of alkyl halides is 1. The molecule has 11 heteroatoms. The number of ether oxygens (including phenoxy) is 3. The molecule has 0 amide bonds. The lowest BCUT2D eigenvalue weighted by Crippen LogP contribution is -2.13. The first kappa shape index (κ1) is 23.9. The molecule has 0 atom stereocenters. The SMILES string of the molecule is C/C(N=Nc1cc(Cl)cc(Cl)c1O)=C(\Cl)C(=O)OCCOCCOCCCl. The van der Waals surface area contributed by atoms with Crippen LogP contribution in [0.2, 0.25) is 10.0 Å². The maximum Gasteiger partial charge on any atom is 0.351 e.